The molecule has 110 valence electrons. The third kappa shape index (κ3) is 3.40. The van der Waals surface area contributed by atoms with Gasteiger partial charge in [0.25, 0.3) is 0 Å². The molecule has 0 saturated heterocycles. The molecule has 1 saturated carbocycles. The van der Waals surface area contributed by atoms with Crippen molar-refractivity contribution in [1.82, 2.24) is 5.32 Å². The molecule has 0 radical (unpaired) electrons. The molecule has 1 fully saturated rings. The van der Waals surface area contributed by atoms with Crippen LogP contribution in [0.3, 0.4) is 0 Å². The van der Waals surface area contributed by atoms with Crippen molar-refractivity contribution in [3.05, 3.63) is 35.9 Å². The van der Waals surface area contributed by atoms with E-state index in [4.69, 9.17) is 5.73 Å². The number of benzene rings is 1. The van der Waals surface area contributed by atoms with Crippen LogP contribution in [0, 0.1) is 11.8 Å². The van der Waals surface area contributed by atoms with Gasteiger partial charge in [0, 0.05) is 6.04 Å². The van der Waals surface area contributed by atoms with Crippen LogP contribution >= 0.6 is 0 Å². The minimum absolute atomic E-state index is 0.0739. The third-order valence-electron chi connectivity index (χ3n) is 4.40. The molecule has 3 atom stereocenters. The smallest absolute Gasteiger partial charge is 0.228 e. The maximum atomic E-state index is 12.7. The molecule has 3 heteroatoms. The van der Waals surface area contributed by atoms with E-state index in [1.54, 1.807) is 0 Å². The topological polar surface area (TPSA) is 55.1 Å². The Labute approximate surface area is 121 Å². The van der Waals surface area contributed by atoms with Crippen LogP contribution < -0.4 is 11.1 Å². The molecular weight excluding hydrogens is 248 g/mol. The van der Waals surface area contributed by atoms with Crippen LogP contribution in [0.1, 0.15) is 44.6 Å². The molecule has 20 heavy (non-hydrogen) atoms. The summed E-state index contributed by atoms with van der Waals surface area (Å²) in [6.07, 6.45) is 3.37. The summed E-state index contributed by atoms with van der Waals surface area (Å²) in [6, 6.07) is 10.3. The standard InChI is InChI=1S/C17H26N2O/c1-12(2)16(13-7-4-3-5-8-13)17(20)19-15-10-6-9-14(15)11-18/h3-5,7-8,12,14-16H,6,9-11,18H2,1-2H3,(H,19,20). The van der Waals surface area contributed by atoms with Gasteiger partial charge in [0.2, 0.25) is 5.91 Å². The fraction of sp³-hybridized carbons (Fsp3) is 0.588. The molecule has 3 N–H and O–H groups in total. The van der Waals surface area contributed by atoms with Crippen molar-refractivity contribution in [3.63, 3.8) is 0 Å². The average molecular weight is 274 g/mol. The van der Waals surface area contributed by atoms with Crippen LogP contribution in [0.5, 0.6) is 0 Å². The van der Waals surface area contributed by atoms with Crippen molar-refractivity contribution in [2.45, 2.75) is 45.1 Å². The Balaban J connectivity index is 2.08. The summed E-state index contributed by atoms with van der Waals surface area (Å²) in [7, 11) is 0. The summed E-state index contributed by atoms with van der Waals surface area (Å²) in [5.41, 5.74) is 6.89. The Hall–Kier alpha value is -1.35. The monoisotopic (exact) mass is 274 g/mol. The lowest BCUT2D eigenvalue weighted by Crippen LogP contribution is -2.43. The molecule has 3 unspecified atom stereocenters. The Morgan fingerprint density at radius 3 is 2.60 bits per heavy atom. The molecule has 1 amide bonds. The first-order valence-electron chi connectivity index (χ1n) is 7.69. The highest BCUT2D eigenvalue weighted by Crippen LogP contribution is 2.28. The van der Waals surface area contributed by atoms with E-state index < -0.39 is 0 Å². The first kappa shape index (κ1) is 15.0. The molecule has 1 aliphatic carbocycles. The van der Waals surface area contributed by atoms with Crippen LogP contribution in [-0.4, -0.2) is 18.5 Å². The van der Waals surface area contributed by atoms with Crippen LogP contribution in [-0.2, 0) is 4.79 Å². The third-order valence-corrected chi connectivity index (χ3v) is 4.40. The molecule has 0 spiro atoms. The van der Waals surface area contributed by atoms with Gasteiger partial charge in [-0.1, -0.05) is 50.6 Å². The van der Waals surface area contributed by atoms with Gasteiger partial charge in [0.15, 0.2) is 0 Å². The zero-order valence-electron chi connectivity index (χ0n) is 12.5. The van der Waals surface area contributed by atoms with Gasteiger partial charge in [-0.05, 0) is 36.8 Å². The number of nitrogens with two attached hydrogens (primary N) is 1. The van der Waals surface area contributed by atoms with Crippen LogP contribution in [0.4, 0.5) is 0 Å². The van der Waals surface area contributed by atoms with E-state index in [2.05, 4.69) is 19.2 Å². The van der Waals surface area contributed by atoms with Gasteiger partial charge in [0.1, 0.15) is 0 Å². The van der Waals surface area contributed by atoms with Crippen molar-refractivity contribution in [2.24, 2.45) is 17.6 Å². The quantitative estimate of drug-likeness (QED) is 0.867. The molecule has 0 bridgehead atoms. The number of hydrogen-bond donors (Lipinski definition) is 2. The minimum Gasteiger partial charge on any atom is -0.353 e. The molecular formula is C17H26N2O. The van der Waals surface area contributed by atoms with Gasteiger partial charge < -0.3 is 11.1 Å². The summed E-state index contributed by atoms with van der Waals surface area (Å²) >= 11 is 0. The second-order valence-corrected chi connectivity index (χ2v) is 6.17. The summed E-state index contributed by atoms with van der Waals surface area (Å²) in [4.78, 5) is 12.7. The van der Waals surface area contributed by atoms with Crippen molar-refractivity contribution in [2.75, 3.05) is 6.54 Å². The van der Waals surface area contributed by atoms with E-state index in [9.17, 15) is 4.79 Å². The lowest BCUT2D eigenvalue weighted by molar-refractivity contribution is -0.124. The van der Waals surface area contributed by atoms with E-state index in [0.29, 0.717) is 12.5 Å². The minimum atomic E-state index is -0.0739. The molecule has 1 aromatic carbocycles. The first-order valence-corrected chi connectivity index (χ1v) is 7.69. The molecule has 3 nitrogen and oxygen atoms in total. The summed E-state index contributed by atoms with van der Waals surface area (Å²) in [5.74, 6) is 0.810. The predicted molar refractivity (Wildman–Crippen MR) is 82.3 cm³/mol. The maximum Gasteiger partial charge on any atom is 0.228 e. The molecule has 1 aromatic rings. The van der Waals surface area contributed by atoms with Crippen molar-refractivity contribution < 1.29 is 4.79 Å². The number of hydrogen-bond acceptors (Lipinski definition) is 2. The first-order chi connectivity index (χ1) is 9.63. The van der Waals surface area contributed by atoms with Gasteiger partial charge in [-0.15, -0.1) is 0 Å². The molecule has 0 aliphatic heterocycles. The van der Waals surface area contributed by atoms with E-state index in [0.717, 1.165) is 18.4 Å². The number of carbonyl (C=O) groups excluding carboxylic acids is 1. The fourth-order valence-corrected chi connectivity index (χ4v) is 3.28. The van der Waals surface area contributed by atoms with Crippen molar-refractivity contribution in [3.8, 4) is 0 Å². The van der Waals surface area contributed by atoms with E-state index in [1.807, 2.05) is 30.3 Å². The summed E-state index contributed by atoms with van der Waals surface area (Å²) in [5, 5.41) is 3.24. The number of carbonyl (C=O) groups is 1. The molecule has 0 heterocycles. The second kappa shape index (κ2) is 6.89. The van der Waals surface area contributed by atoms with Gasteiger partial charge in [-0.3, -0.25) is 4.79 Å². The van der Waals surface area contributed by atoms with E-state index in [1.165, 1.54) is 6.42 Å². The Morgan fingerprint density at radius 1 is 1.30 bits per heavy atom. The zero-order chi connectivity index (χ0) is 14.5. The molecule has 2 rings (SSSR count). The van der Waals surface area contributed by atoms with Crippen LogP contribution in [0.2, 0.25) is 0 Å². The predicted octanol–water partition coefficient (Wildman–Crippen LogP) is 2.67. The van der Waals surface area contributed by atoms with Gasteiger partial charge >= 0.3 is 0 Å². The largest absolute Gasteiger partial charge is 0.353 e. The highest BCUT2D eigenvalue weighted by Gasteiger charge is 2.31. The van der Waals surface area contributed by atoms with Crippen molar-refractivity contribution in [1.29, 1.82) is 0 Å². The van der Waals surface area contributed by atoms with E-state index >= 15 is 0 Å². The lowest BCUT2D eigenvalue weighted by atomic mass is 9.87. The Kier molecular flexibility index (Phi) is 5.18. The van der Waals surface area contributed by atoms with Gasteiger partial charge in [-0.25, -0.2) is 0 Å². The van der Waals surface area contributed by atoms with Crippen molar-refractivity contribution >= 4 is 5.91 Å². The molecule has 0 aromatic heterocycles. The molecule has 1 aliphatic rings. The van der Waals surface area contributed by atoms with Gasteiger partial charge in [-0.2, -0.15) is 0 Å². The van der Waals surface area contributed by atoms with Gasteiger partial charge in [0.05, 0.1) is 5.92 Å². The number of nitrogens with one attached hydrogen (secondary N) is 1. The SMILES string of the molecule is CC(C)C(C(=O)NC1CCCC1CN)c1ccccc1. The lowest BCUT2D eigenvalue weighted by Gasteiger charge is -2.25. The number of rotatable bonds is 5. The second-order valence-electron chi connectivity index (χ2n) is 6.17. The summed E-state index contributed by atoms with van der Waals surface area (Å²) < 4.78 is 0. The highest BCUT2D eigenvalue weighted by atomic mass is 16.2. The average Bonchev–Trinajstić information content (AvgIpc) is 2.86. The van der Waals surface area contributed by atoms with E-state index in [-0.39, 0.29) is 23.8 Å². The Bertz CT molecular complexity index is 430. The highest BCUT2D eigenvalue weighted by molar-refractivity contribution is 5.84. The normalized spacial score (nSPS) is 23.8. The maximum absolute atomic E-state index is 12.7. The van der Waals surface area contributed by atoms with Crippen LogP contribution in [0.25, 0.3) is 0 Å². The number of amides is 1. The van der Waals surface area contributed by atoms with Crippen LogP contribution in [0.15, 0.2) is 30.3 Å². The Morgan fingerprint density at radius 2 is 2.00 bits per heavy atom. The zero-order valence-corrected chi connectivity index (χ0v) is 12.5. The fourth-order valence-electron chi connectivity index (χ4n) is 3.28. The summed E-state index contributed by atoms with van der Waals surface area (Å²) in [6.45, 7) is 4.88.